The first-order valence-corrected chi connectivity index (χ1v) is 18.6. The smallest absolute Gasteiger partial charge is 0.0542 e. The Morgan fingerprint density at radius 3 is 1.20 bits per heavy atom. The van der Waals surface area contributed by atoms with Crippen LogP contribution < -0.4 is 0 Å². The zero-order valence-corrected chi connectivity index (χ0v) is 27.8. The molecule has 0 fully saturated rings. The van der Waals surface area contributed by atoms with Gasteiger partial charge >= 0.3 is 0 Å². The predicted octanol–water partition coefficient (Wildman–Crippen LogP) is 14.4. The summed E-state index contributed by atoms with van der Waals surface area (Å²) in [4.78, 5) is 2.64. The number of fused-ring (bicyclic) bond motifs is 7. The second-order valence-electron chi connectivity index (χ2n) is 11.7. The van der Waals surface area contributed by atoms with Crippen LogP contribution in [0.25, 0.3) is 92.9 Å². The first-order chi connectivity index (χ1) is 22.7. The number of rotatable bonds is 4. The van der Waals surface area contributed by atoms with Crippen LogP contribution in [0.1, 0.15) is 0 Å². The lowest BCUT2D eigenvalue weighted by Crippen LogP contribution is -1.79. The Kier molecular flexibility index (Phi) is 6.06. The van der Waals surface area contributed by atoms with Gasteiger partial charge in [0.05, 0.1) is 9.40 Å². The van der Waals surface area contributed by atoms with Crippen molar-refractivity contribution in [2.75, 3.05) is 0 Å². The van der Waals surface area contributed by atoms with Crippen molar-refractivity contribution < 1.29 is 0 Å². The molecule has 0 nitrogen and oxygen atoms in total. The van der Waals surface area contributed by atoms with Gasteiger partial charge in [0.25, 0.3) is 0 Å². The Bertz CT molecular complexity index is 2510. The van der Waals surface area contributed by atoms with Gasteiger partial charge in [0.1, 0.15) is 0 Å². The van der Waals surface area contributed by atoms with Crippen molar-refractivity contribution in [3.63, 3.8) is 0 Å². The number of hydrogen-bond donors (Lipinski definition) is 0. The maximum atomic E-state index is 2.39. The summed E-state index contributed by atoms with van der Waals surface area (Å²) in [6.07, 6.45) is 0. The Balaban J connectivity index is 1.00. The first-order valence-electron chi connectivity index (χ1n) is 15.3. The van der Waals surface area contributed by atoms with Crippen LogP contribution in [-0.4, -0.2) is 0 Å². The minimum Gasteiger partial charge on any atom is -0.135 e. The average Bonchev–Trinajstić information content (AvgIpc) is 3.89. The summed E-state index contributed by atoms with van der Waals surface area (Å²) in [5, 5.41) is 5.35. The molecule has 6 aromatic carbocycles. The largest absolute Gasteiger partial charge is 0.135 e. The van der Waals surface area contributed by atoms with Crippen molar-refractivity contribution in [2.45, 2.75) is 0 Å². The topological polar surface area (TPSA) is 0 Å². The molecule has 0 spiro atoms. The molecule has 0 aliphatic carbocycles. The predicted molar refractivity (Wildman–Crippen MR) is 207 cm³/mol. The third-order valence-corrected chi connectivity index (χ3v) is 13.7. The fourth-order valence-corrected chi connectivity index (χ4v) is 11.4. The molecule has 0 atom stereocenters. The molecule has 0 amide bonds. The molecule has 4 heteroatoms. The van der Waals surface area contributed by atoms with E-state index in [0.29, 0.717) is 0 Å². The van der Waals surface area contributed by atoms with Crippen molar-refractivity contribution in [2.24, 2.45) is 0 Å². The van der Waals surface area contributed by atoms with E-state index in [-0.39, 0.29) is 0 Å². The lowest BCUT2D eigenvalue weighted by molar-refractivity contribution is 1.65. The Morgan fingerprint density at radius 2 is 0.717 bits per heavy atom. The van der Waals surface area contributed by atoms with Gasteiger partial charge in [0.2, 0.25) is 0 Å². The summed E-state index contributed by atoms with van der Waals surface area (Å²) in [7, 11) is 0. The molecule has 0 N–H and O–H groups in total. The summed E-state index contributed by atoms with van der Waals surface area (Å²) in [6.45, 7) is 0. The number of hydrogen-bond acceptors (Lipinski definition) is 4. The first kappa shape index (κ1) is 26.6. The second kappa shape index (κ2) is 10.5. The zero-order valence-electron chi connectivity index (χ0n) is 24.5. The monoisotopic (exact) mass is 656 g/mol. The molecule has 10 rings (SSSR count). The van der Waals surface area contributed by atoms with Crippen molar-refractivity contribution in [3.05, 3.63) is 146 Å². The van der Waals surface area contributed by atoms with Gasteiger partial charge in [-0.15, -0.1) is 45.3 Å². The Labute approximate surface area is 282 Å². The highest BCUT2D eigenvalue weighted by atomic mass is 32.1. The van der Waals surface area contributed by atoms with E-state index in [2.05, 4.69) is 146 Å². The van der Waals surface area contributed by atoms with Crippen LogP contribution >= 0.6 is 45.3 Å². The quantitative estimate of drug-likeness (QED) is 0.177. The molecule has 0 unspecified atom stereocenters. The number of thiophene rings is 4. The molecule has 4 heterocycles. The molecular formula is C42H24S4. The highest BCUT2D eigenvalue weighted by Crippen LogP contribution is 2.46. The van der Waals surface area contributed by atoms with Crippen LogP contribution in [0.4, 0.5) is 0 Å². The average molecular weight is 657 g/mol. The molecule has 0 bridgehead atoms. The standard InChI is InChI=1S/C42H24S4/c1-3-13-35-31(7-1)23-37(43-35)29-11-5-9-25(19-29)27-15-17-33-39(21-27)45-42-34-18-16-28(22-40(34)46-41(33)42)26-10-6-12-30(20-26)38-24-32-8-2-4-14-36(32)44-38/h1-24H. The number of benzene rings is 6. The van der Waals surface area contributed by atoms with Crippen LogP contribution in [0.3, 0.4) is 0 Å². The van der Waals surface area contributed by atoms with Gasteiger partial charge in [-0.05, 0) is 92.7 Å². The van der Waals surface area contributed by atoms with Crippen molar-refractivity contribution >= 4 is 95.1 Å². The summed E-state index contributed by atoms with van der Waals surface area (Å²) >= 11 is 7.59. The van der Waals surface area contributed by atoms with Gasteiger partial charge in [0, 0.05) is 39.3 Å². The highest BCUT2D eigenvalue weighted by Gasteiger charge is 2.15. The minimum absolute atomic E-state index is 1.26. The molecule has 0 saturated heterocycles. The van der Waals surface area contributed by atoms with Crippen molar-refractivity contribution in [1.29, 1.82) is 0 Å². The third-order valence-electron chi connectivity index (χ3n) is 8.89. The zero-order chi connectivity index (χ0) is 30.2. The van der Waals surface area contributed by atoms with E-state index in [1.165, 1.54) is 92.9 Å². The van der Waals surface area contributed by atoms with Gasteiger partial charge in [0.15, 0.2) is 0 Å². The maximum absolute atomic E-state index is 2.39. The van der Waals surface area contributed by atoms with Gasteiger partial charge < -0.3 is 0 Å². The van der Waals surface area contributed by atoms with E-state index in [1.54, 1.807) is 0 Å². The molecule has 216 valence electrons. The van der Waals surface area contributed by atoms with E-state index in [1.807, 2.05) is 45.3 Å². The van der Waals surface area contributed by atoms with Crippen LogP contribution in [0, 0.1) is 0 Å². The van der Waals surface area contributed by atoms with E-state index >= 15 is 0 Å². The van der Waals surface area contributed by atoms with Crippen LogP contribution in [-0.2, 0) is 0 Å². The molecule has 4 aromatic heterocycles. The van der Waals surface area contributed by atoms with Gasteiger partial charge in [-0.3, -0.25) is 0 Å². The van der Waals surface area contributed by atoms with Crippen LogP contribution in [0.5, 0.6) is 0 Å². The van der Waals surface area contributed by atoms with E-state index in [9.17, 15) is 0 Å². The van der Waals surface area contributed by atoms with E-state index < -0.39 is 0 Å². The normalized spacial score (nSPS) is 11.9. The molecule has 0 radical (unpaired) electrons. The fraction of sp³-hybridized carbons (Fsp3) is 0. The fourth-order valence-electron chi connectivity index (χ4n) is 6.57. The minimum atomic E-state index is 1.26. The van der Waals surface area contributed by atoms with E-state index in [4.69, 9.17) is 0 Å². The van der Waals surface area contributed by atoms with Crippen LogP contribution in [0.2, 0.25) is 0 Å². The molecule has 0 saturated carbocycles. The second-order valence-corrected chi connectivity index (χ2v) is 16.0. The maximum Gasteiger partial charge on any atom is 0.0542 e. The molecular weight excluding hydrogens is 633 g/mol. The molecule has 10 aromatic rings. The Morgan fingerprint density at radius 1 is 0.283 bits per heavy atom. The SMILES string of the molecule is c1cc(-c2ccc3c(c2)sc2c4ccc(-c5cccc(-c6cc7ccccc7s6)c5)cc4sc32)cc(-c2cc3ccccc3s2)c1. The van der Waals surface area contributed by atoms with Crippen LogP contribution in [0.15, 0.2) is 146 Å². The Hall–Kier alpha value is -4.58. The molecule has 0 aliphatic rings. The summed E-state index contributed by atoms with van der Waals surface area (Å²) in [5.41, 5.74) is 7.63. The lowest BCUT2D eigenvalue weighted by atomic mass is 10.0. The lowest BCUT2D eigenvalue weighted by Gasteiger charge is -2.05. The van der Waals surface area contributed by atoms with Gasteiger partial charge in [-0.2, -0.15) is 0 Å². The third kappa shape index (κ3) is 4.37. The van der Waals surface area contributed by atoms with Gasteiger partial charge in [-0.25, -0.2) is 0 Å². The summed E-state index contributed by atoms with van der Waals surface area (Å²) in [5.74, 6) is 0. The summed E-state index contributed by atoms with van der Waals surface area (Å²) in [6, 6.07) is 53.9. The summed E-state index contributed by atoms with van der Waals surface area (Å²) < 4.78 is 8.18. The molecule has 46 heavy (non-hydrogen) atoms. The van der Waals surface area contributed by atoms with E-state index in [0.717, 1.165) is 0 Å². The molecule has 0 aliphatic heterocycles. The highest BCUT2D eigenvalue weighted by molar-refractivity contribution is 7.36. The van der Waals surface area contributed by atoms with Crippen molar-refractivity contribution in [1.82, 2.24) is 0 Å². The van der Waals surface area contributed by atoms with Gasteiger partial charge in [-0.1, -0.05) is 97.1 Å². The van der Waals surface area contributed by atoms with Crippen molar-refractivity contribution in [3.8, 4) is 43.1 Å².